The number of hydrogen-bond acceptors (Lipinski definition) is 5. The van der Waals surface area contributed by atoms with Gasteiger partial charge in [-0.15, -0.1) is 0 Å². The molecule has 0 heterocycles. The lowest BCUT2D eigenvalue weighted by molar-refractivity contribution is -0.0811. The Morgan fingerprint density at radius 3 is 1.95 bits per heavy atom. The molecule has 0 spiro atoms. The first-order valence-corrected chi connectivity index (χ1v) is 29.5. The van der Waals surface area contributed by atoms with Gasteiger partial charge in [0.15, 0.2) is 0 Å². The molecule has 0 aliphatic heterocycles. The summed E-state index contributed by atoms with van der Waals surface area (Å²) in [4.78, 5) is 0. The molecular weight excluding hydrogens is 813 g/mol. The van der Waals surface area contributed by atoms with E-state index in [4.69, 9.17) is 18.9 Å². The zero-order valence-corrected chi connectivity index (χ0v) is 45.0. The third-order valence-corrected chi connectivity index (χ3v) is 18.1. The first kappa shape index (κ1) is 57.9. The molecule has 5 nitrogen and oxygen atoms in total. The minimum Gasteiger partial charge on any atom is -0.393 e. The van der Waals surface area contributed by atoms with Crippen molar-refractivity contribution in [3.63, 3.8) is 0 Å². The van der Waals surface area contributed by atoms with Crippen LogP contribution in [0.4, 0.5) is 0 Å². The molecule has 0 aromatic heterocycles. The topological polar surface area (TPSA) is 57.2 Å². The molecular formula is C61H116O5. The molecule has 5 unspecified atom stereocenters. The molecule has 5 heteroatoms. The molecule has 0 saturated heterocycles. The monoisotopic (exact) mass is 929 g/mol. The van der Waals surface area contributed by atoms with Crippen molar-refractivity contribution in [2.75, 3.05) is 39.6 Å². The van der Waals surface area contributed by atoms with Gasteiger partial charge in [0.2, 0.25) is 0 Å². The van der Waals surface area contributed by atoms with E-state index in [9.17, 15) is 5.11 Å². The molecule has 0 radical (unpaired) electrons. The van der Waals surface area contributed by atoms with Gasteiger partial charge in [-0.25, -0.2) is 0 Å². The summed E-state index contributed by atoms with van der Waals surface area (Å²) in [5, 5.41) is 10.1. The standard InChI is InChI=1S/C61H112O5.2H2/c1-8-10-11-12-13-14-15-16-17-18-19-20-21-22-23-24-25-26-42-64-49-55(48-52-32-33-53(62)47-52)66-46-29-44-63-43-28-45-65-54-36-39-60(6,40-37-54)58-38-41-61(7)57(34-35-59(61)56(58)9-2)51(5)31-27-30-50(3)4;;/h13-14,16-17,50-59,62H,8-12,15,18-49H2,1-7H3;2*1H/b14-13-,17-16-;;/t51-,52?,53?,54?,55?,56-,57-,58?,59?,60?,61-;;/m1../s1. The second-order valence-corrected chi connectivity index (χ2v) is 23.8. The number of ether oxygens (including phenoxy) is 4. The summed E-state index contributed by atoms with van der Waals surface area (Å²) in [5.41, 5.74) is 1.06. The van der Waals surface area contributed by atoms with E-state index in [-0.39, 0.29) is 15.1 Å². The van der Waals surface area contributed by atoms with Crippen LogP contribution in [0.15, 0.2) is 24.3 Å². The summed E-state index contributed by atoms with van der Waals surface area (Å²) in [6.07, 6.45) is 50.4. The van der Waals surface area contributed by atoms with Gasteiger partial charge in [-0.3, -0.25) is 0 Å². The molecule has 0 aromatic carbocycles. The lowest BCUT2D eigenvalue weighted by atomic mass is 9.50. The minimum absolute atomic E-state index is 0. The second-order valence-electron chi connectivity index (χ2n) is 23.8. The Labute approximate surface area is 413 Å². The lowest BCUT2D eigenvalue weighted by Crippen LogP contribution is -2.48. The minimum atomic E-state index is -0.133. The van der Waals surface area contributed by atoms with E-state index >= 15 is 0 Å². The maximum Gasteiger partial charge on any atom is 0.0811 e. The normalized spacial score (nSPS) is 30.3. The zero-order valence-electron chi connectivity index (χ0n) is 45.0. The van der Waals surface area contributed by atoms with Crippen LogP contribution in [0.25, 0.3) is 0 Å². The van der Waals surface area contributed by atoms with Gasteiger partial charge in [0.1, 0.15) is 0 Å². The summed E-state index contributed by atoms with van der Waals surface area (Å²) in [6.45, 7) is 22.1. The molecule has 0 aromatic rings. The molecule has 66 heavy (non-hydrogen) atoms. The van der Waals surface area contributed by atoms with E-state index in [1.54, 1.807) is 0 Å². The first-order valence-electron chi connectivity index (χ1n) is 29.5. The van der Waals surface area contributed by atoms with Crippen LogP contribution >= 0.6 is 0 Å². The Bertz CT molecular complexity index is 1250. The summed E-state index contributed by atoms with van der Waals surface area (Å²) in [6, 6.07) is 0. The molecule has 4 aliphatic rings. The number of rotatable bonds is 38. The van der Waals surface area contributed by atoms with E-state index in [1.807, 2.05) is 0 Å². The van der Waals surface area contributed by atoms with Crippen molar-refractivity contribution >= 4 is 0 Å². The molecule has 4 saturated carbocycles. The SMILES string of the molecule is CCCCC/C=C\C/C=C\CCCCCCCCCCOCC(CC1CCC(O)C1)OCCCOCCCOC1CCC(C)(C2CC[C@@]3(C)C(CC[C@@H]3[C@H](C)CCCC(C)C)[C@@H]2CC)CC1.[HH].[HH]. The maximum absolute atomic E-state index is 10.1. The van der Waals surface area contributed by atoms with Crippen LogP contribution in [0, 0.1) is 52.3 Å². The van der Waals surface area contributed by atoms with Crippen LogP contribution < -0.4 is 0 Å². The van der Waals surface area contributed by atoms with E-state index in [0.717, 1.165) is 113 Å². The van der Waals surface area contributed by atoms with Gasteiger partial charge in [0, 0.05) is 35.9 Å². The maximum atomic E-state index is 10.1. The van der Waals surface area contributed by atoms with Crippen LogP contribution in [-0.4, -0.2) is 63.1 Å². The quantitative estimate of drug-likeness (QED) is 0.0494. The highest BCUT2D eigenvalue weighted by Gasteiger charge is 2.57. The van der Waals surface area contributed by atoms with Gasteiger partial charge in [-0.1, -0.05) is 150 Å². The van der Waals surface area contributed by atoms with Gasteiger partial charge in [0.05, 0.1) is 24.9 Å². The number of aliphatic hydroxyl groups is 1. The van der Waals surface area contributed by atoms with Crippen LogP contribution in [0.5, 0.6) is 0 Å². The van der Waals surface area contributed by atoms with Crippen LogP contribution in [0.1, 0.15) is 257 Å². The van der Waals surface area contributed by atoms with Crippen molar-refractivity contribution in [2.45, 2.75) is 272 Å². The Balaban J connectivity index is 0.00000793. The van der Waals surface area contributed by atoms with Crippen molar-refractivity contribution in [3.05, 3.63) is 24.3 Å². The van der Waals surface area contributed by atoms with Crippen LogP contribution in [0.3, 0.4) is 0 Å². The molecule has 4 fully saturated rings. The lowest BCUT2D eigenvalue weighted by Gasteiger charge is -2.56. The van der Waals surface area contributed by atoms with Crippen molar-refractivity contribution in [1.82, 2.24) is 0 Å². The summed E-state index contributed by atoms with van der Waals surface area (Å²) >= 11 is 0. The fraction of sp³-hybridized carbons (Fsp3) is 0.934. The van der Waals surface area contributed by atoms with Gasteiger partial charge >= 0.3 is 0 Å². The number of aliphatic hydroxyl groups excluding tert-OH is 1. The largest absolute Gasteiger partial charge is 0.393 e. The molecule has 0 bridgehead atoms. The molecule has 9 atom stereocenters. The number of unbranched alkanes of at least 4 members (excludes halogenated alkanes) is 11. The predicted molar refractivity (Wildman–Crippen MR) is 286 cm³/mol. The summed E-state index contributed by atoms with van der Waals surface area (Å²) in [5.74, 6) is 5.96. The molecule has 1 N–H and O–H groups in total. The molecule has 4 rings (SSSR count). The molecule has 390 valence electrons. The zero-order chi connectivity index (χ0) is 47.3. The summed E-state index contributed by atoms with van der Waals surface area (Å²) in [7, 11) is 0. The van der Waals surface area contributed by atoms with Gasteiger partial charge in [-0.05, 0) is 181 Å². The Hall–Kier alpha value is -0.720. The van der Waals surface area contributed by atoms with Gasteiger partial charge in [-0.2, -0.15) is 0 Å². The van der Waals surface area contributed by atoms with E-state index in [1.165, 1.54) is 154 Å². The highest BCUT2D eigenvalue weighted by molar-refractivity contribution is 5.06. The Morgan fingerprint density at radius 1 is 0.621 bits per heavy atom. The fourth-order valence-corrected chi connectivity index (χ4v) is 14.0. The van der Waals surface area contributed by atoms with Gasteiger partial charge in [0.25, 0.3) is 0 Å². The molecule has 0 amide bonds. The third-order valence-electron chi connectivity index (χ3n) is 18.1. The summed E-state index contributed by atoms with van der Waals surface area (Å²) < 4.78 is 25.1. The second kappa shape index (κ2) is 33.8. The van der Waals surface area contributed by atoms with Crippen LogP contribution in [0.2, 0.25) is 0 Å². The van der Waals surface area contributed by atoms with E-state index in [2.05, 4.69) is 72.8 Å². The van der Waals surface area contributed by atoms with Crippen LogP contribution in [-0.2, 0) is 18.9 Å². The number of hydrogen-bond donors (Lipinski definition) is 1. The number of fused-ring (bicyclic) bond motifs is 1. The first-order chi connectivity index (χ1) is 32.1. The number of allylic oxidation sites excluding steroid dienone is 4. The van der Waals surface area contributed by atoms with Crippen molar-refractivity contribution in [1.29, 1.82) is 0 Å². The van der Waals surface area contributed by atoms with E-state index in [0.29, 0.717) is 36.1 Å². The van der Waals surface area contributed by atoms with Crippen molar-refractivity contribution < 1.29 is 26.9 Å². The van der Waals surface area contributed by atoms with E-state index < -0.39 is 0 Å². The fourth-order valence-electron chi connectivity index (χ4n) is 14.0. The Morgan fingerprint density at radius 2 is 1.29 bits per heavy atom. The average molecular weight is 930 g/mol. The van der Waals surface area contributed by atoms with Crippen molar-refractivity contribution in [2.24, 2.45) is 52.3 Å². The van der Waals surface area contributed by atoms with Gasteiger partial charge < -0.3 is 24.1 Å². The highest BCUT2D eigenvalue weighted by atomic mass is 16.5. The predicted octanol–water partition coefficient (Wildman–Crippen LogP) is 17.7. The van der Waals surface area contributed by atoms with Crippen molar-refractivity contribution in [3.8, 4) is 0 Å². The highest BCUT2D eigenvalue weighted by Crippen LogP contribution is 2.65. The average Bonchev–Trinajstić information content (AvgIpc) is 3.89. The molecule has 4 aliphatic carbocycles. The third kappa shape index (κ3) is 21.3. The Kier molecular flexibility index (Phi) is 29.6. The smallest absolute Gasteiger partial charge is 0.0811 e.